The Hall–Kier alpha value is -2.31. The topological polar surface area (TPSA) is 83.7 Å². The standard InChI is InChI=1S/C18H24N2O4/c1-13-8-9-17(24-13)16(12-23-2)20-18(22)19-15(10-11-21)14-6-4-3-5-7-14/h3-9,15-16,21H,10-12H2,1-2H3,(H2,19,20,22)/t15-,16?/m1/s1. The molecule has 1 aromatic heterocycles. The molecule has 0 spiro atoms. The molecule has 0 saturated carbocycles. The van der Waals surface area contributed by atoms with Gasteiger partial charge in [-0.25, -0.2) is 4.79 Å². The van der Waals surface area contributed by atoms with Crippen molar-refractivity contribution < 1.29 is 19.1 Å². The molecule has 0 aliphatic carbocycles. The lowest BCUT2D eigenvalue weighted by Crippen LogP contribution is -2.41. The van der Waals surface area contributed by atoms with Gasteiger partial charge in [-0.2, -0.15) is 0 Å². The molecule has 0 fully saturated rings. The van der Waals surface area contributed by atoms with E-state index < -0.39 is 0 Å². The Balaban J connectivity index is 2.03. The fourth-order valence-electron chi connectivity index (χ4n) is 2.50. The zero-order valence-electron chi connectivity index (χ0n) is 14.0. The smallest absolute Gasteiger partial charge is 0.315 e. The maximum atomic E-state index is 12.4. The van der Waals surface area contributed by atoms with Gasteiger partial charge < -0.3 is 24.9 Å². The second-order valence-electron chi connectivity index (χ2n) is 5.55. The quantitative estimate of drug-likeness (QED) is 0.694. The van der Waals surface area contributed by atoms with Crippen LogP contribution in [0, 0.1) is 6.92 Å². The van der Waals surface area contributed by atoms with Gasteiger partial charge in [0, 0.05) is 13.7 Å². The molecule has 0 radical (unpaired) electrons. The van der Waals surface area contributed by atoms with E-state index in [1.807, 2.05) is 49.4 Å². The summed E-state index contributed by atoms with van der Waals surface area (Å²) in [6, 6.07) is 12.2. The number of rotatable bonds is 8. The molecule has 1 unspecified atom stereocenters. The van der Waals surface area contributed by atoms with Crippen molar-refractivity contribution in [2.75, 3.05) is 20.3 Å². The molecule has 2 aromatic rings. The molecule has 2 amide bonds. The van der Waals surface area contributed by atoms with Crippen molar-refractivity contribution in [2.45, 2.75) is 25.4 Å². The monoisotopic (exact) mass is 332 g/mol. The third-order valence-electron chi connectivity index (χ3n) is 3.67. The molecule has 6 heteroatoms. The summed E-state index contributed by atoms with van der Waals surface area (Å²) in [5.74, 6) is 1.42. The zero-order chi connectivity index (χ0) is 17.4. The van der Waals surface area contributed by atoms with Gasteiger partial charge in [0.25, 0.3) is 0 Å². The van der Waals surface area contributed by atoms with Crippen molar-refractivity contribution >= 4 is 6.03 Å². The first-order valence-corrected chi connectivity index (χ1v) is 7.92. The van der Waals surface area contributed by atoms with Gasteiger partial charge in [-0.05, 0) is 31.0 Å². The van der Waals surface area contributed by atoms with E-state index in [9.17, 15) is 9.90 Å². The number of carbonyl (C=O) groups is 1. The Labute approximate surface area is 141 Å². The molecule has 0 aliphatic rings. The average molecular weight is 332 g/mol. The van der Waals surface area contributed by atoms with Crippen molar-refractivity contribution in [1.82, 2.24) is 10.6 Å². The van der Waals surface area contributed by atoms with Crippen LogP contribution in [0.1, 0.15) is 35.6 Å². The van der Waals surface area contributed by atoms with Gasteiger partial charge in [-0.15, -0.1) is 0 Å². The number of hydrogen-bond donors (Lipinski definition) is 3. The fraction of sp³-hybridized carbons (Fsp3) is 0.389. The van der Waals surface area contributed by atoms with Crippen molar-refractivity contribution in [1.29, 1.82) is 0 Å². The van der Waals surface area contributed by atoms with Gasteiger partial charge in [-0.1, -0.05) is 30.3 Å². The van der Waals surface area contributed by atoms with E-state index in [2.05, 4.69) is 10.6 Å². The summed E-state index contributed by atoms with van der Waals surface area (Å²) in [5, 5.41) is 15.0. The first-order valence-electron chi connectivity index (χ1n) is 7.92. The summed E-state index contributed by atoms with van der Waals surface area (Å²) in [4.78, 5) is 12.4. The molecule has 0 saturated heterocycles. The van der Waals surface area contributed by atoms with Crippen molar-refractivity contribution in [3.8, 4) is 0 Å². The summed E-state index contributed by atoms with van der Waals surface area (Å²) < 4.78 is 10.7. The van der Waals surface area contributed by atoms with Crippen LogP contribution in [0.5, 0.6) is 0 Å². The molecule has 130 valence electrons. The van der Waals surface area contributed by atoms with Gasteiger partial charge >= 0.3 is 6.03 Å². The molecule has 0 aliphatic heterocycles. The van der Waals surface area contributed by atoms with E-state index in [0.29, 0.717) is 18.8 Å². The van der Waals surface area contributed by atoms with E-state index in [0.717, 1.165) is 11.3 Å². The van der Waals surface area contributed by atoms with Crippen LogP contribution in [0.2, 0.25) is 0 Å². The lowest BCUT2D eigenvalue weighted by atomic mass is 10.0. The number of aliphatic hydroxyl groups excluding tert-OH is 1. The number of urea groups is 1. The van der Waals surface area contributed by atoms with E-state index in [1.54, 1.807) is 7.11 Å². The number of methoxy groups -OCH3 is 1. The van der Waals surface area contributed by atoms with Crippen LogP contribution < -0.4 is 10.6 Å². The molecular weight excluding hydrogens is 308 g/mol. The van der Waals surface area contributed by atoms with Gasteiger partial charge in [0.1, 0.15) is 17.6 Å². The van der Waals surface area contributed by atoms with Gasteiger partial charge in [0.15, 0.2) is 0 Å². The van der Waals surface area contributed by atoms with Crippen LogP contribution in [0.25, 0.3) is 0 Å². The minimum absolute atomic E-state index is 0.0152. The molecule has 3 N–H and O–H groups in total. The van der Waals surface area contributed by atoms with Gasteiger partial charge in [0.2, 0.25) is 0 Å². The molecule has 1 aromatic carbocycles. The Morgan fingerprint density at radius 3 is 2.46 bits per heavy atom. The zero-order valence-corrected chi connectivity index (χ0v) is 14.0. The highest BCUT2D eigenvalue weighted by Gasteiger charge is 2.20. The SMILES string of the molecule is COCC(NC(=O)N[C@H](CCO)c1ccccc1)c1ccc(C)o1. The number of benzene rings is 1. The molecule has 2 rings (SSSR count). The number of furan rings is 1. The van der Waals surface area contributed by atoms with Crippen molar-refractivity contribution in [2.24, 2.45) is 0 Å². The second kappa shape index (κ2) is 9.10. The fourth-order valence-corrected chi connectivity index (χ4v) is 2.50. The van der Waals surface area contributed by atoms with E-state index in [4.69, 9.17) is 9.15 Å². The largest absolute Gasteiger partial charge is 0.464 e. The lowest BCUT2D eigenvalue weighted by Gasteiger charge is -2.21. The van der Waals surface area contributed by atoms with Crippen LogP contribution in [-0.2, 0) is 4.74 Å². The number of amides is 2. The summed E-state index contributed by atoms with van der Waals surface area (Å²) in [7, 11) is 1.57. The molecule has 0 bridgehead atoms. The van der Waals surface area contributed by atoms with Crippen molar-refractivity contribution in [3.63, 3.8) is 0 Å². The molecule has 24 heavy (non-hydrogen) atoms. The Bertz CT molecular complexity index is 627. The maximum absolute atomic E-state index is 12.4. The van der Waals surface area contributed by atoms with E-state index in [-0.39, 0.29) is 24.7 Å². The Morgan fingerprint density at radius 2 is 1.88 bits per heavy atom. The predicted molar refractivity (Wildman–Crippen MR) is 90.6 cm³/mol. The van der Waals surface area contributed by atoms with E-state index in [1.165, 1.54) is 0 Å². The summed E-state index contributed by atoms with van der Waals surface area (Å²) in [5.41, 5.74) is 0.943. The van der Waals surface area contributed by atoms with Crippen LogP contribution in [0.15, 0.2) is 46.9 Å². The lowest BCUT2D eigenvalue weighted by molar-refractivity contribution is 0.155. The number of carbonyl (C=O) groups excluding carboxylic acids is 1. The van der Waals surface area contributed by atoms with Crippen molar-refractivity contribution in [3.05, 3.63) is 59.5 Å². The summed E-state index contributed by atoms with van der Waals surface area (Å²) in [6.45, 7) is 2.13. The average Bonchev–Trinajstić information content (AvgIpc) is 3.01. The highest BCUT2D eigenvalue weighted by atomic mass is 16.5. The third-order valence-corrected chi connectivity index (χ3v) is 3.67. The molecular formula is C18H24N2O4. The summed E-state index contributed by atoms with van der Waals surface area (Å²) >= 11 is 0. The molecule has 6 nitrogen and oxygen atoms in total. The van der Waals surface area contributed by atoms with Crippen LogP contribution >= 0.6 is 0 Å². The third kappa shape index (κ3) is 5.11. The Kier molecular flexibility index (Phi) is 6.84. The van der Waals surface area contributed by atoms with Crippen LogP contribution in [0.4, 0.5) is 4.79 Å². The highest BCUT2D eigenvalue weighted by Crippen LogP contribution is 2.18. The number of aryl methyl sites for hydroxylation is 1. The molecule has 2 atom stereocenters. The van der Waals surface area contributed by atoms with Gasteiger partial charge in [-0.3, -0.25) is 0 Å². The number of nitrogens with one attached hydrogen (secondary N) is 2. The van der Waals surface area contributed by atoms with E-state index >= 15 is 0 Å². The normalized spacial score (nSPS) is 13.3. The minimum atomic E-state index is -0.380. The highest BCUT2D eigenvalue weighted by molar-refractivity contribution is 5.75. The predicted octanol–water partition coefficient (Wildman–Crippen LogP) is 2.70. The second-order valence-corrected chi connectivity index (χ2v) is 5.55. The maximum Gasteiger partial charge on any atom is 0.315 e. The molecule has 1 heterocycles. The number of ether oxygens (including phenoxy) is 1. The summed E-state index contributed by atoms with van der Waals surface area (Å²) in [6.07, 6.45) is 0.437. The Morgan fingerprint density at radius 1 is 1.17 bits per heavy atom. The van der Waals surface area contributed by atoms with Crippen LogP contribution in [0.3, 0.4) is 0 Å². The van der Waals surface area contributed by atoms with Gasteiger partial charge in [0.05, 0.1) is 12.6 Å². The number of aliphatic hydroxyl groups is 1. The minimum Gasteiger partial charge on any atom is -0.464 e. The first kappa shape index (κ1) is 18.0. The first-order chi connectivity index (χ1) is 11.6. The number of hydrogen-bond acceptors (Lipinski definition) is 4. The van der Waals surface area contributed by atoms with Crippen LogP contribution in [-0.4, -0.2) is 31.5 Å².